The van der Waals surface area contributed by atoms with E-state index in [1.165, 1.54) is 5.56 Å². The van der Waals surface area contributed by atoms with Crippen molar-refractivity contribution < 1.29 is 4.79 Å². The normalized spacial score (nSPS) is 10.6. The van der Waals surface area contributed by atoms with Crippen LogP contribution in [0.4, 0.5) is 5.69 Å². The third kappa shape index (κ3) is 3.71. The fourth-order valence-electron chi connectivity index (χ4n) is 3.08. The van der Waals surface area contributed by atoms with Crippen LogP contribution >= 0.6 is 0 Å². The van der Waals surface area contributed by atoms with Crippen molar-refractivity contribution in [3.05, 3.63) is 102 Å². The lowest BCUT2D eigenvalue weighted by Gasteiger charge is -2.09. The van der Waals surface area contributed by atoms with E-state index in [4.69, 9.17) is 5.10 Å². The second kappa shape index (κ2) is 7.92. The van der Waals surface area contributed by atoms with E-state index in [1.807, 2.05) is 91.0 Å². The highest BCUT2D eigenvalue weighted by molar-refractivity contribution is 6.04. The Labute approximate surface area is 164 Å². The van der Waals surface area contributed by atoms with Crippen LogP contribution in [0.25, 0.3) is 16.9 Å². The molecule has 4 nitrogen and oxygen atoms in total. The number of para-hydroxylation sites is 1. The van der Waals surface area contributed by atoms with Gasteiger partial charge >= 0.3 is 0 Å². The maximum atomic E-state index is 13.0. The van der Waals surface area contributed by atoms with Crippen LogP contribution in [0.15, 0.2) is 91.0 Å². The highest BCUT2D eigenvalue weighted by Crippen LogP contribution is 2.22. The summed E-state index contributed by atoms with van der Waals surface area (Å²) in [5, 5.41) is 7.68. The van der Waals surface area contributed by atoms with E-state index in [-0.39, 0.29) is 5.91 Å². The van der Waals surface area contributed by atoms with Gasteiger partial charge in [-0.25, -0.2) is 4.68 Å². The van der Waals surface area contributed by atoms with Crippen molar-refractivity contribution in [2.45, 2.75) is 13.3 Å². The molecular weight excluding hydrogens is 346 g/mol. The van der Waals surface area contributed by atoms with E-state index in [2.05, 4.69) is 12.2 Å². The number of aromatic nitrogens is 2. The number of carbonyl (C=O) groups excluding carboxylic acids is 1. The minimum atomic E-state index is -0.192. The number of anilines is 1. The molecule has 3 aromatic carbocycles. The zero-order valence-corrected chi connectivity index (χ0v) is 15.7. The van der Waals surface area contributed by atoms with Crippen LogP contribution in [0.5, 0.6) is 0 Å². The lowest BCUT2D eigenvalue weighted by atomic mass is 10.1. The second-order valence-electron chi connectivity index (χ2n) is 6.53. The summed E-state index contributed by atoms with van der Waals surface area (Å²) in [6.07, 6.45) is 0.968. The molecule has 0 aliphatic rings. The molecule has 0 spiro atoms. The van der Waals surface area contributed by atoms with Crippen molar-refractivity contribution in [2.75, 3.05) is 5.32 Å². The van der Waals surface area contributed by atoms with Crippen LogP contribution in [0.3, 0.4) is 0 Å². The summed E-state index contributed by atoms with van der Waals surface area (Å²) in [6, 6.07) is 29.3. The minimum absolute atomic E-state index is 0.192. The van der Waals surface area contributed by atoms with Gasteiger partial charge in [-0.1, -0.05) is 67.6 Å². The Bertz CT molecular complexity index is 1070. The molecule has 4 rings (SSSR count). The van der Waals surface area contributed by atoms with Crippen molar-refractivity contribution >= 4 is 11.6 Å². The molecule has 0 radical (unpaired) electrons. The van der Waals surface area contributed by atoms with Crippen molar-refractivity contribution in [3.8, 4) is 16.9 Å². The summed E-state index contributed by atoms with van der Waals surface area (Å²) in [5.41, 5.74) is 5.07. The largest absolute Gasteiger partial charge is 0.321 e. The van der Waals surface area contributed by atoms with Crippen molar-refractivity contribution in [2.24, 2.45) is 0 Å². The lowest BCUT2D eigenvalue weighted by Crippen LogP contribution is -2.16. The highest BCUT2D eigenvalue weighted by Gasteiger charge is 2.17. The molecule has 0 atom stereocenters. The first kappa shape index (κ1) is 17.7. The first-order chi connectivity index (χ1) is 13.7. The van der Waals surface area contributed by atoms with Gasteiger partial charge in [0.05, 0.1) is 11.4 Å². The van der Waals surface area contributed by atoms with E-state index in [0.29, 0.717) is 5.69 Å². The van der Waals surface area contributed by atoms with Crippen LogP contribution in [0.1, 0.15) is 23.0 Å². The molecule has 0 bridgehead atoms. The summed E-state index contributed by atoms with van der Waals surface area (Å²) in [4.78, 5) is 13.0. The van der Waals surface area contributed by atoms with Crippen LogP contribution < -0.4 is 5.32 Å². The molecule has 0 unspecified atom stereocenters. The average molecular weight is 367 g/mol. The highest BCUT2D eigenvalue weighted by atomic mass is 16.2. The summed E-state index contributed by atoms with van der Waals surface area (Å²) in [7, 11) is 0. The smallest absolute Gasteiger partial charge is 0.274 e. The summed E-state index contributed by atoms with van der Waals surface area (Å²) in [6.45, 7) is 2.11. The van der Waals surface area contributed by atoms with Gasteiger partial charge in [-0.2, -0.15) is 5.10 Å². The predicted octanol–water partition coefficient (Wildman–Crippen LogP) is 5.35. The third-order valence-corrected chi connectivity index (χ3v) is 4.63. The fraction of sp³-hybridized carbons (Fsp3) is 0.0833. The van der Waals surface area contributed by atoms with E-state index in [1.54, 1.807) is 4.68 Å². The van der Waals surface area contributed by atoms with Gasteiger partial charge in [-0.15, -0.1) is 0 Å². The standard InChI is InChI=1S/C24H21N3O/c1-2-18-13-15-20(16-14-18)25-24(28)23-17-22(19-9-5-3-6-10-19)26-27(23)21-11-7-4-8-12-21/h3-17H,2H2,1H3,(H,25,28). The Balaban J connectivity index is 1.71. The fourth-order valence-corrected chi connectivity index (χ4v) is 3.08. The predicted molar refractivity (Wildman–Crippen MR) is 113 cm³/mol. The molecule has 0 fully saturated rings. The first-order valence-corrected chi connectivity index (χ1v) is 9.36. The molecule has 1 amide bonds. The van der Waals surface area contributed by atoms with Gasteiger partial charge in [-0.3, -0.25) is 4.79 Å². The number of rotatable bonds is 5. The maximum absolute atomic E-state index is 13.0. The second-order valence-corrected chi connectivity index (χ2v) is 6.53. The van der Waals surface area contributed by atoms with Gasteiger partial charge in [-0.05, 0) is 42.3 Å². The number of nitrogens with zero attached hydrogens (tertiary/aromatic N) is 2. The summed E-state index contributed by atoms with van der Waals surface area (Å²) in [5.74, 6) is -0.192. The topological polar surface area (TPSA) is 46.9 Å². The van der Waals surface area contributed by atoms with E-state index >= 15 is 0 Å². The molecule has 4 heteroatoms. The zero-order chi connectivity index (χ0) is 19.3. The number of carbonyl (C=O) groups is 1. The SMILES string of the molecule is CCc1ccc(NC(=O)c2cc(-c3ccccc3)nn2-c2ccccc2)cc1. The Morgan fingerprint density at radius 3 is 2.18 bits per heavy atom. The zero-order valence-electron chi connectivity index (χ0n) is 15.7. The molecule has 1 N–H and O–H groups in total. The molecule has 0 aliphatic carbocycles. The Kier molecular flexibility index (Phi) is 5.02. The molecule has 1 aromatic heterocycles. The summed E-state index contributed by atoms with van der Waals surface area (Å²) < 4.78 is 1.69. The molecule has 28 heavy (non-hydrogen) atoms. The molecule has 138 valence electrons. The van der Waals surface area contributed by atoms with E-state index < -0.39 is 0 Å². The number of hydrogen-bond donors (Lipinski definition) is 1. The first-order valence-electron chi connectivity index (χ1n) is 9.36. The monoisotopic (exact) mass is 367 g/mol. The van der Waals surface area contributed by atoms with Gasteiger partial charge in [0.25, 0.3) is 5.91 Å². The average Bonchev–Trinajstić information content (AvgIpc) is 3.21. The molecule has 0 aliphatic heterocycles. The molecule has 0 saturated carbocycles. The quantitative estimate of drug-likeness (QED) is 0.516. The lowest BCUT2D eigenvalue weighted by molar-refractivity contribution is 0.101. The van der Waals surface area contributed by atoms with Crippen LogP contribution in [-0.4, -0.2) is 15.7 Å². The van der Waals surface area contributed by atoms with Crippen molar-refractivity contribution in [1.29, 1.82) is 0 Å². The van der Waals surface area contributed by atoms with Gasteiger partial charge in [0.2, 0.25) is 0 Å². The number of benzene rings is 3. The number of nitrogens with one attached hydrogen (secondary N) is 1. The van der Waals surface area contributed by atoms with E-state index in [0.717, 1.165) is 29.1 Å². The third-order valence-electron chi connectivity index (χ3n) is 4.63. The van der Waals surface area contributed by atoms with E-state index in [9.17, 15) is 4.79 Å². The Morgan fingerprint density at radius 1 is 0.893 bits per heavy atom. The van der Waals surface area contributed by atoms with Crippen LogP contribution in [0.2, 0.25) is 0 Å². The summed E-state index contributed by atoms with van der Waals surface area (Å²) >= 11 is 0. The Morgan fingerprint density at radius 2 is 1.54 bits per heavy atom. The van der Waals surface area contributed by atoms with Crippen molar-refractivity contribution in [1.82, 2.24) is 9.78 Å². The number of hydrogen-bond acceptors (Lipinski definition) is 2. The van der Waals surface area contributed by atoms with Crippen molar-refractivity contribution in [3.63, 3.8) is 0 Å². The maximum Gasteiger partial charge on any atom is 0.274 e. The number of amides is 1. The van der Waals surface area contributed by atoms with Crippen LogP contribution in [0, 0.1) is 0 Å². The van der Waals surface area contributed by atoms with Gasteiger partial charge in [0, 0.05) is 11.3 Å². The van der Waals surface area contributed by atoms with Crippen LogP contribution in [-0.2, 0) is 6.42 Å². The molecule has 0 saturated heterocycles. The number of aryl methyl sites for hydroxylation is 1. The minimum Gasteiger partial charge on any atom is -0.321 e. The van der Waals surface area contributed by atoms with Gasteiger partial charge in [0.15, 0.2) is 0 Å². The Hall–Kier alpha value is -3.66. The molecule has 4 aromatic rings. The van der Waals surface area contributed by atoms with Gasteiger partial charge in [0.1, 0.15) is 5.69 Å². The molecule has 1 heterocycles. The molecular formula is C24H21N3O. The van der Waals surface area contributed by atoms with Gasteiger partial charge < -0.3 is 5.32 Å².